The summed E-state index contributed by atoms with van der Waals surface area (Å²) in [4.78, 5) is 11.7. The van der Waals surface area contributed by atoms with Crippen LogP contribution in [0.2, 0.25) is 0 Å². The minimum absolute atomic E-state index is 0.167. The van der Waals surface area contributed by atoms with Crippen molar-refractivity contribution < 1.29 is 9.39 Å². The summed E-state index contributed by atoms with van der Waals surface area (Å²) in [5.74, 6) is 0.167. The lowest BCUT2D eigenvalue weighted by atomic mass is 10.1. The Morgan fingerprint density at radius 3 is 1.71 bits per heavy atom. The summed E-state index contributed by atoms with van der Waals surface area (Å²) < 4.78 is 0.504. The number of unbranched alkanes of at least 4 members (excludes halogenated alkanes) is 11. The van der Waals surface area contributed by atoms with Crippen molar-refractivity contribution in [1.82, 2.24) is 5.43 Å². The molecule has 1 amide bonds. The van der Waals surface area contributed by atoms with Gasteiger partial charge in [-0.1, -0.05) is 70.4 Å². The summed E-state index contributed by atoms with van der Waals surface area (Å²) in [5.41, 5.74) is 2.96. The molecule has 0 aromatic carbocycles. The van der Waals surface area contributed by atoms with Crippen molar-refractivity contribution in [3.63, 3.8) is 0 Å². The van der Waals surface area contributed by atoms with E-state index < -0.39 is 0 Å². The van der Waals surface area contributed by atoms with Gasteiger partial charge < -0.3 is 0 Å². The molecule has 0 spiro atoms. The number of hydrogen-bond donors (Lipinski definition) is 1. The Morgan fingerprint density at radius 2 is 1.21 bits per heavy atom. The number of quaternary nitrogens is 1. The lowest BCUT2D eigenvalue weighted by molar-refractivity contribution is -0.906. The lowest BCUT2D eigenvalue weighted by Gasteiger charge is -2.23. The van der Waals surface area contributed by atoms with Gasteiger partial charge in [-0.3, -0.25) is 4.79 Å². The highest BCUT2D eigenvalue weighted by atomic mass is 16.2. The Morgan fingerprint density at radius 1 is 0.750 bits per heavy atom. The zero-order valence-electron chi connectivity index (χ0n) is 16.9. The summed E-state index contributed by atoms with van der Waals surface area (Å²) >= 11 is 0. The summed E-state index contributed by atoms with van der Waals surface area (Å²) in [6, 6.07) is 0. The van der Waals surface area contributed by atoms with Gasteiger partial charge in [0.15, 0.2) is 0 Å². The molecule has 0 aliphatic heterocycles. The third kappa shape index (κ3) is 19.2. The second-order valence-electron chi connectivity index (χ2n) is 7.88. The van der Waals surface area contributed by atoms with E-state index in [1.54, 1.807) is 0 Å². The van der Waals surface area contributed by atoms with Gasteiger partial charge in [0.2, 0.25) is 0 Å². The summed E-state index contributed by atoms with van der Waals surface area (Å²) in [5, 5.41) is 0. The Labute approximate surface area is 151 Å². The second-order valence-corrected chi connectivity index (χ2v) is 7.88. The van der Waals surface area contributed by atoms with E-state index in [1.807, 2.05) is 21.1 Å². The topological polar surface area (TPSA) is 29.1 Å². The molecule has 0 aliphatic carbocycles. The number of nitrogens with zero attached hydrogens (tertiary/aromatic N) is 1. The molecule has 0 heterocycles. The number of hydrogen-bond acceptors (Lipinski definition) is 1. The van der Waals surface area contributed by atoms with E-state index in [9.17, 15) is 4.79 Å². The Hall–Kier alpha value is -0.830. The average molecular weight is 340 g/mol. The van der Waals surface area contributed by atoms with Crippen LogP contribution >= 0.6 is 0 Å². The molecule has 0 unspecified atom stereocenters. The van der Waals surface area contributed by atoms with E-state index in [4.69, 9.17) is 0 Å². The minimum atomic E-state index is 0.167. The average Bonchev–Trinajstić information content (AvgIpc) is 2.49. The number of allylic oxidation sites excluding steroid dienone is 2. The van der Waals surface area contributed by atoms with Crippen molar-refractivity contribution in [3.8, 4) is 0 Å². The highest BCUT2D eigenvalue weighted by Gasteiger charge is 2.11. The van der Waals surface area contributed by atoms with E-state index in [2.05, 4.69) is 24.5 Å². The lowest BCUT2D eigenvalue weighted by Crippen LogP contribution is -2.51. The Kier molecular flexibility index (Phi) is 15.1. The number of carbonyl (C=O) groups is 1. The molecular weight excluding hydrogens is 296 g/mol. The molecule has 0 atom stereocenters. The van der Waals surface area contributed by atoms with Gasteiger partial charge in [0.05, 0.1) is 21.1 Å². The number of rotatable bonds is 16. The second kappa shape index (κ2) is 15.7. The van der Waals surface area contributed by atoms with Crippen LogP contribution in [0, 0.1) is 0 Å². The van der Waals surface area contributed by atoms with Gasteiger partial charge in [0, 0.05) is 6.42 Å². The van der Waals surface area contributed by atoms with Gasteiger partial charge in [-0.2, -0.15) is 0 Å². The van der Waals surface area contributed by atoms with Gasteiger partial charge in [0.1, 0.15) is 0 Å². The van der Waals surface area contributed by atoms with Gasteiger partial charge >= 0.3 is 0 Å². The van der Waals surface area contributed by atoms with Crippen molar-refractivity contribution >= 4 is 5.91 Å². The van der Waals surface area contributed by atoms with Gasteiger partial charge in [-0.05, 0) is 32.1 Å². The van der Waals surface area contributed by atoms with E-state index in [0.29, 0.717) is 11.0 Å². The highest BCUT2D eigenvalue weighted by Crippen LogP contribution is 2.10. The first-order chi connectivity index (χ1) is 11.5. The minimum Gasteiger partial charge on any atom is -0.270 e. The van der Waals surface area contributed by atoms with Crippen LogP contribution in [0.25, 0.3) is 0 Å². The van der Waals surface area contributed by atoms with Crippen molar-refractivity contribution in [3.05, 3.63) is 12.2 Å². The molecule has 0 aliphatic rings. The maximum atomic E-state index is 11.7. The monoisotopic (exact) mass is 339 g/mol. The molecule has 0 rings (SSSR count). The fourth-order valence-corrected chi connectivity index (χ4v) is 2.79. The first-order valence-electron chi connectivity index (χ1n) is 10.2. The number of nitrogens with one attached hydrogen (secondary N) is 1. The summed E-state index contributed by atoms with van der Waals surface area (Å²) in [6.07, 6.45) is 22.2. The third-order valence-electron chi connectivity index (χ3n) is 4.13. The van der Waals surface area contributed by atoms with E-state index in [1.165, 1.54) is 77.0 Å². The molecule has 1 N–H and O–H groups in total. The normalized spacial score (nSPS) is 12.0. The van der Waals surface area contributed by atoms with Gasteiger partial charge in [-0.15, -0.1) is 0 Å². The van der Waals surface area contributed by atoms with Crippen LogP contribution < -0.4 is 5.43 Å². The largest absolute Gasteiger partial charge is 0.270 e. The van der Waals surface area contributed by atoms with Gasteiger partial charge in [0.25, 0.3) is 5.91 Å². The Balaban J connectivity index is 3.25. The van der Waals surface area contributed by atoms with Crippen molar-refractivity contribution in [2.24, 2.45) is 0 Å². The van der Waals surface area contributed by atoms with Crippen LogP contribution in [0.1, 0.15) is 96.8 Å². The highest BCUT2D eigenvalue weighted by molar-refractivity contribution is 5.74. The SMILES string of the molecule is CCCCCCCC/C=C\CCCCCCCC(=O)N[N+](C)(C)C. The van der Waals surface area contributed by atoms with Gasteiger partial charge in [-0.25, -0.2) is 10.0 Å². The van der Waals surface area contributed by atoms with Crippen LogP contribution in [0.4, 0.5) is 0 Å². The van der Waals surface area contributed by atoms with Crippen LogP contribution in [-0.2, 0) is 4.79 Å². The Bertz CT molecular complexity index is 318. The summed E-state index contributed by atoms with van der Waals surface area (Å²) in [6.45, 7) is 2.27. The molecule has 24 heavy (non-hydrogen) atoms. The molecule has 0 aromatic rings. The number of amides is 1. The predicted octanol–water partition coefficient (Wildman–Crippen LogP) is 5.76. The summed E-state index contributed by atoms with van der Waals surface area (Å²) in [7, 11) is 5.91. The fraction of sp³-hybridized carbons (Fsp3) is 0.857. The van der Waals surface area contributed by atoms with Crippen LogP contribution in [0.5, 0.6) is 0 Å². The quantitative estimate of drug-likeness (QED) is 0.165. The van der Waals surface area contributed by atoms with Crippen molar-refractivity contribution in [1.29, 1.82) is 0 Å². The van der Waals surface area contributed by atoms with Crippen LogP contribution in [0.3, 0.4) is 0 Å². The van der Waals surface area contributed by atoms with E-state index in [0.717, 1.165) is 6.42 Å². The molecule has 0 saturated carbocycles. The number of carbonyl (C=O) groups excluding carboxylic acids is 1. The van der Waals surface area contributed by atoms with Crippen LogP contribution in [0.15, 0.2) is 12.2 Å². The zero-order valence-corrected chi connectivity index (χ0v) is 16.9. The molecule has 3 nitrogen and oxygen atoms in total. The molecular formula is C21H43N2O+. The fourth-order valence-electron chi connectivity index (χ4n) is 2.79. The van der Waals surface area contributed by atoms with Crippen molar-refractivity contribution in [2.75, 3.05) is 21.1 Å². The molecule has 0 bridgehead atoms. The molecule has 0 fully saturated rings. The predicted molar refractivity (Wildman–Crippen MR) is 106 cm³/mol. The van der Waals surface area contributed by atoms with Crippen molar-refractivity contribution in [2.45, 2.75) is 96.8 Å². The third-order valence-corrected chi connectivity index (χ3v) is 4.13. The maximum Gasteiger partial charge on any atom is 0.264 e. The van der Waals surface area contributed by atoms with Crippen LogP contribution in [-0.4, -0.2) is 31.6 Å². The van der Waals surface area contributed by atoms with E-state index in [-0.39, 0.29) is 5.91 Å². The van der Waals surface area contributed by atoms with E-state index >= 15 is 0 Å². The molecule has 0 saturated heterocycles. The molecule has 142 valence electrons. The smallest absolute Gasteiger partial charge is 0.264 e. The first kappa shape index (κ1) is 23.2. The molecule has 0 radical (unpaired) electrons. The maximum absolute atomic E-state index is 11.7. The standard InChI is InChI=1S/C21H42N2O/c1-5-6-7-8-9-10-11-12-13-14-15-16-17-18-19-20-21(24)22-23(2,3)4/h12-13H,5-11,14-20H2,1-4H3/p+1/b13-12-. The first-order valence-corrected chi connectivity index (χ1v) is 10.2. The molecule has 3 heteroatoms. The molecule has 0 aromatic heterocycles. The zero-order chi connectivity index (χ0) is 18.1.